The van der Waals surface area contributed by atoms with E-state index in [2.05, 4.69) is 17.1 Å². The van der Waals surface area contributed by atoms with Gasteiger partial charge < -0.3 is 10.2 Å². The summed E-state index contributed by atoms with van der Waals surface area (Å²) in [6, 6.07) is 6.02. The number of para-hydroxylation sites is 1. The molecule has 1 aliphatic heterocycles. The molecule has 3 rings (SSSR count). The maximum atomic E-state index is 12.8. The van der Waals surface area contributed by atoms with Gasteiger partial charge in [-0.15, -0.1) is 0 Å². The van der Waals surface area contributed by atoms with Crippen LogP contribution in [-0.4, -0.2) is 54.3 Å². The third kappa shape index (κ3) is 4.09. The van der Waals surface area contributed by atoms with E-state index in [0.717, 1.165) is 55.8 Å². The largest absolute Gasteiger partial charge is 0.340 e. The molecule has 2 amide bonds. The van der Waals surface area contributed by atoms with E-state index in [-0.39, 0.29) is 11.3 Å². The number of amides is 2. The average molecular weight is 357 g/mol. The van der Waals surface area contributed by atoms with Crippen LogP contribution in [0.25, 0.3) is 0 Å². The second kappa shape index (κ2) is 7.78. The SMILES string of the molecule is Cc1cccc(C)c1NC(=O)CN1CCN(C(=O)C2(C)CCCC2)CC1. The Morgan fingerprint density at radius 2 is 1.62 bits per heavy atom. The number of rotatable bonds is 4. The molecule has 1 saturated heterocycles. The van der Waals surface area contributed by atoms with E-state index in [1.807, 2.05) is 36.9 Å². The summed E-state index contributed by atoms with van der Waals surface area (Å²) >= 11 is 0. The number of nitrogens with one attached hydrogen (secondary N) is 1. The highest BCUT2D eigenvalue weighted by Gasteiger charge is 2.39. The summed E-state index contributed by atoms with van der Waals surface area (Å²) in [5.41, 5.74) is 2.93. The van der Waals surface area contributed by atoms with Crippen molar-refractivity contribution in [3.8, 4) is 0 Å². The zero-order chi connectivity index (χ0) is 18.7. The van der Waals surface area contributed by atoms with Crippen molar-refractivity contribution >= 4 is 17.5 Å². The third-order valence-electron chi connectivity index (χ3n) is 6.00. The van der Waals surface area contributed by atoms with Gasteiger partial charge in [-0.2, -0.15) is 0 Å². The molecule has 0 bridgehead atoms. The van der Waals surface area contributed by atoms with Gasteiger partial charge in [-0.1, -0.05) is 38.0 Å². The summed E-state index contributed by atoms with van der Waals surface area (Å²) in [7, 11) is 0. The Labute approximate surface area is 156 Å². The molecule has 1 aromatic carbocycles. The lowest BCUT2D eigenvalue weighted by Gasteiger charge is -2.38. The van der Waals surface area contributed by atoms with Gasteiger partial charge in [0.1, 0.15) is 0 Å². The zero-order valence-corrected chi connectivity index (χ0v) is 16.3. The van der Waals surface area contributed by atoms with Crippen LogP contribution in [0.1, 0.15) is 43.7 Å². The smallest absolute Gasteiger partial charge is 0.238 e. The summed E-state index contributed by atoms with van der Waals surface area (Å²) in [5, 5.41) is 3.05. The first kappa shape index (κ1) is 18.9. The first-order valence-corrected chi connectivity index (χ1v) is 9.77. The van der Waals surface area contributed by atoms with E-state index < -0.39 is 0 Å². The molecule has 1 saturated carbocycles. The van der Waals surface area contributed by atoms with Gasteiger partial charge >= 0.3 is 0 Å². The van der Waals surface area contributed by atoms with E-state index in [4.69, 9.17) is 0 Å². The Morgan fingerprint density at radius 3 is 2.19 bits per heavy atom. The van der Waals surface area contributed by atoms with Crippen LogP contribution in [0.5, 0.6) is 0 Å². The lowest BCUT2D eigenvalue weighted by atomic mass is 9.87. The molecule has 5 heteroatoms. The molecule has 5 nitrogen and oxygen atoms in total. The number of aryl methyl sites for hydroxylation is 2. The first-order chi connectivity index (χ1) is 12.4. The molecule has 0 unspecified atom stereocenters. The van der Waals surface area contributed by atoms with Gasteiger partial charge in [0.2, 0.25) is 11.8 Å². The van der Waals surface area contributed by atoms with Gasteiger partial charge in [-0.25, -0.2) is 0 Å². The highest BCUT2D eigenvalue weighted by atomic mass is 16.2. The van der Waals surface area contributed by atoms with Crippen molar-refractivity contribution in [3.63, 3.8) is 0 Å². The molecule has 1 heterocycles. The van der Waals surface area contributed by atoms with Crippen molar-refractivity contribution in [2.75, 3.05) is 38.0 Å². The lowest BCUT2D eigenvalue weighted by molar-refractivity contribution is -0.142. The van der Waals surface area contributed by atoms with Crippen molar-refractivity contribution in [1.82, 2.24) is 9.80 Å². The van der Waals surface area contributed by atoms with Crippen molar-refractivity contribution in [2.24, 2.45) is 5.41 Å². The van der Waals surface area contributed by atoms with E-state index in [9.17, 15) is 9.59 Å². The van der Waals surface area contributed by atoms with E-state index in [0.29, 0.717) is 12.5 Å². The van der Waals surface area contributed by atoms with Crippen LogP contribution in [0.3, 0.4) is 0 Å². The number of piperazine rings is 1. The molecule has 0 atom stereocenters. The summed E-state index contributed by atoms with van der Waals surface area (Å²) in [4.78, 5) is 29.4. The molecule has 0 aromatic heterocycles. The van der Waals surface area contributed by atoms with Crippen LogP contribution < -0.4 is 5.32 Å². The fraction of sp³-hybridized carbons (Fsp3) is 0.619. The molecule has 1 N–H and O–H groups in total. The Bertz CT molecular complexity index is 652. The second-order valence-electron chi connectivity index (χ2n) is 8.15. The highest BCUT2D eigenvalue weighted by Crippen LogP contribution is 2.39. The van der Waals surface area contributed by atoms with Gasteiger partial charge in [-0.3, -0.25) is 14.5 Å². The number of carbonyl (C=O) groups excluding carboxylic acids is 2. The minimum Gasteiger partial charge on any atom is -0.340 e. The topological polar surface area (TPSA) is 52.7 Å². The molecule has 1 aliphatic carbocycles. The molecule has 1 aromatic rings. The quantitative estimate of drug-likeness (QED) is 0.901. The predicted molar refractivity (Wildman–Crippen MR) is 104 cm³/mol. The summed E-state index contributed by atoms with van der Waals surface area (Å²) < 4.78 is 0. The normalized spacial score (nSPS) is 20.2. The molecule has 0 spiro atoms. The minimum absolute atomic E-state index is 0.0185. The number of nitrogens with zero attached hydrogens (tertiary/aromatic N) is 2. The van der Waals surface area contributed by atoms with Gasteiger partial charge in [-0.05, 0) is 37.8 Å². The van der Waals surface area contributed by atoms with Gasteiger partial charge in [0, 0.05) is 37.3 Å². The maximum Gasteiger partial charge on any atom is 0.238 e. The van der Waals surface area contributed by atoms with Crippen LogP contribution >= 0.6 is 0 Å². The van der Waals surface area contributed by atoms with Crippen LogP contribution in [-0.2, 0) is 9.59 Å². The minimum atomic E-state index is -0.151. The molecular weight excluding hydrogens is 326 g/mol. The number of hydrogen-bond donors (Lipinski definition) is 1. The fourth-order valence-corrected chi connectivity index (χ4v) is 4.25. The Balaban J connectivity index is 1.49. The van der Waals surface area contributed by atoms with Crippen molar-refractivity contribution < 1.29 is 9.59 Å². The molecule has 26 heavy (non-hydrogen) atoms. The summed E-state index contributed by atoms with van der Waals surface area (Å²) in [5.74, 6) is 0.333. The van der Waals surface area contributed by atoms with Crippen molar-refractivity contribution in [2.45, 2.75) is 46.5 Å². The molecule has 2 fully saturated rings. The van der Waals surface area contributed by atoms with Crippen molar-refractivity contribution in [1.29, 1.82) is 0 Å². The summed E-state index contributed by atoms with van der Waals surface area (Å²) in [6.07, 6.45) is 4.37. The molecule has 0 radical (unpaired) electrons. The third-order valence-corrected chi connectivity index (χ3v) is 6.00. The standard InChI is InChI=1S/C21H31N3O2/c1-16-7-6-8-17(2)19(16)22-18(25)15-23-11-13-24(14-12-23)20(26)21(3)9-4-5-10-21/h6-8H,4-5,9-15H2,1-3H3,(H,22,25). The van der Waals surface area contributed by atoms with Gasteiger partial charge in [0.05, 0.1) is 6.54 Å². The molecular formula is C21H31N3O2. The zero-order valence-electron chi connectivity index (χ0n) is 16.3. The molecule has 2 aliphatic rings. The van der Waals surface area contributed by atoms with E-state index in [1.54, 1.807) is 0 Å². The number of benzene rings is 1. The van der Waals surface area contributed by atoms with Gasteiger partial charge in [0.25, 0.3) is 0 Å². The number of carbonyl (C=O) groups is 2. The van der Waals surface area contributed by atoms with Gasteiger partial charge in [0.15, 0.2) is 0 Å². The second-order valence-corrected chi connectivity index (χ2v) is 8.15. The van der Waals surface area contributed by atoms with Crippen molar-refractivity contribution in [3.05, 3.63) is 29.3 Å². The van der Waals surface area contributed by atoms with E-state index in [1.165, 1.54) is 12.8 Å². The lowest BCUT2D eigenvalue weighted by Crippen LogP contribution is -2.53. The Hall–Kier alpha value is -1.88. The number of anilines is 1. The molecule has 142 valence electrons. The maximum absolute atomic E-state index is 12.8. The number of hydrogen-bond acceptors (Lipinski definition) is 3. The Kier molecular flexibility index (Phi) is 5.66. The van der Waals surface area contributed by atoms with Crippen LogP contribution in [0.2, 0.25) is 0 Å². The van der Waals surface area contributed by atoms with Crippen LogP contribution in [0, 0.1) is 19.3 Å². The fourth-order valence-electron chi connectivity index (χ4n) is 4.25. The van der Waals surface area contributed by atoms with E-state index >= 15 is 0 Å². The van der Waals surface area contributed by atoms with Crippen LogP contribution in [0.15, 0.2) is 18.2 Å². The van der Waals surface area contributed by atoms with Crippen LogP contribution in [0.4, 0.5) is 5.69 Å². The summed E-state index contributed by atoms with van der Waals surface area (Å²) in [6.45, 7) is 9.51. The average Bonchev–Trinajstić information content (AvgIpc) is 3.06. The monoisotopic (exact) mass is 357 g/mol. The predicted octanol–water partition coefficient (Wildman–Crippen LogP) is 2.97. The highest BCUT2D eigenvalue weighted by molar-refractivity contribution is 5.93. The Morgan fingerprint density at radius 1 is 1.04 bits per heavy atom. The first-order valence-electron chi connectivity index (χ1n) is 9.77.